The zero-order valence-corrected chi connectivity index (χ0v) is 10.7. The van der Waals surface area contributed by atoms with E-state index in [9.17, 15) is 4.79 Å². The monoisotopic (exact) mass is 250 g/mol. The molecular formula is C15H19FO2. The molecule has 18 heavy (non-hydrogen) atoms. The summed E-state index contributed by atoms with van der Waals surface area (Å²) < 4.78 is 20.3. The standard InChI is InChI=1S/C15H19FO2/c1-2-18-14(17)13-10-6-7-11-15(13,16)12-8-4-3-5-9-12/h3-5,8-9,13H,2,6-7,10-11H2,1H3/t13-,15-/m1/s1. The Morgan fingerprint density at radius 2 is 2.11 bits per heavy atom. The molecule has 0 heterocycles. The number of rotatable bonds is 3. The summed E-state index contributed by atoms with van der Waals surface area (Å²) in [4.78, 5) is 11.9. The van der Waals surface area contributed by atoms with Crippen LogP contribution in [-0.2, 0) is 15.2 Å². The smallest absolute Gasteiger partial charge is 0.312 e. The van der Waals surface area contributed by atoms with E-state index < -0.39 is 17.6 Å². The van der Waals surface area contributed by atoms with Crippen LogP contribution >= 0.6 is 0 Å². The lowest BCUT2D eigenvalue weighted by atomic mass is 9.73. The third kappa shape index (κ3) is 2.40. The fraction of sp³-hybridized carbons (Fsp3) is 0.533. The first kappa shape index (κ1) is 13.1. The van der Waals surface area contributed by atoms with Crippen LogP contribution in [0.3, 0.4) is 0 Å². The van der Waals surface area contributed by atoms with Crippen molar-refractivity contribution >= 4 is 5.97 Å². The number of carbonyl (C=O) groups excluding carboxylic acids is 1. The predicted molar refractivity (Wildman–Crippen MR) is 67.8 cm³/mol. The lowest BCUT2D eigenvalue weighted by molar-refractivity contribution is -0.157. The maximum Gasteiger partial charge on any atom is 0.312 e. The molecule has 0 unspecified atom stereocenters. The SMILES string of the molecule is CCOC(=O)[C@H]1CCCC[C@@]1(F)c1ccccc1. The van der Waals surface area contributed by atoms with Gasteiger partial charge in [0.2, 0.25) is 0 Å². The molecule has 1 aromatic rings. The van der Waals surface area contributed by atoms with Gasteiger partial charge in [0.15, 0.2) is 0 Å². The third-order valence-corrected chi connectivity index (χ3v) is 3.66. The highest BCUT2D eigenvalue weighted by molar-refractivity contribution is 5.74. The highest BCUT2D eigenvalue weighted by Gasteiger charge is 2.47. The second kappa shape index (κ2) is 5.51. The van der Waals surface area contributed by atoms with Crippen molar-refractivity contribution in [3.8, 4) is 0 Å². The van der Waals surface area contributed by atoms with Crippen molar-refractivity contribution in [3.05, 3.63) is 35.9 Å². The Balaban J connectivity index is 2.29. The largest absolute Gasteiger partial charge is 0.466 e. The van der Waals surface area contributed by atoms with Crippen molar-refractivity contribution in [2.75, 3.05) is 6.61 Å². The number of halogens is 1. The Bertz CT molecular complexity index is 404. The number of ether oxygens (including phenoxy) is 1. The van der Waals surface area contributed by atoms with Crippen molar-refractivity contribution in [3.63, 3.8) is 0 Å². The molecule has 0 aromatic heterocycles. The van der Waals surface area contributed by atoms with E-state index in [1.165, 1.54) is 0 Å². The van der Waals surface area contributed by atoms with Crippen LogP contribution < -0.4 is 0 Å². The molecule has 1 fully saturated rings. The lowest BCUT2D eigenvalue weighted by Crippen LogP contribution is -2.39. The Hall–Kier alpha value is -1.38. The molecule has 2 atom stereocenters. The molecule has 1 aliphatic rings. The molecule has 0 saturated heterocycles. The Kier molecular flexibility index (Phi) is 4.00. The van der Waals surface area contributed by atoms with E-state index in [0.717, 1.165) is 12.8 Å². The number of alkyl halides is 1. The van der Waals surface area contributed by atoms with E-state index in [0.29, 0.717) is 25.0 Å². The zero-order chi connectivity index (χ0) is 13.0. The fourth-order valence-electron chi connectivity index (χ4n) is 2.74. The maximum absolute atomic E-state index is 15.2. The van der Waals surface area contributed by atoms with Crippen LogP contribution in [0, 0.1) is 5.92 Å². The highest BCUT2D eigenvalue weighted by Crippen LogP contribution is 2.45. The van der Waals surface area contributed by atoms with Gasteiger partial charge in [-0.15, -0.1) is 0 Å². The molecule has 1 aromatic carbocycles. The molecule has 2 nitrogen and oxygen atoms in total. The first-order valence-corrected chi connectivity index (χ1v) is 6.59. The summed E-state index contributed by atoms with van der Waals surface area (Å²) in [5, 5.41) is 0. The lowest BCUT2D eigenvalue weighted by Gasteiger charge is -2.36. The number of carbonyl (C=O) groups is 1. The zero-order valence-electron chi connectivity index (χ0n) is 10.7. The van der Waals surface area contributed by atoms with Crippen LogP contribution in [0.25, 0.3) is 0 Å². The first-order chi connectivity index (χ1) is 8.68. The van der Waals surface area contributed by atoms with Gasteiger partial charge in [-0.1, -0.05) is 36.8 Å². The highest BCUT2D eigenvalue weighted by atomic mass is 19.1. The molecule has 1 saturated carbocycles. The summed E-state index contributed by atoms with van der Waals surface area (Å²) >= 11 is 0. The molecule has 0 amide bonds. The molecular weight excluding hydrogens is 231 g/mol. The second-order valence-corrected chi connectivity index (χ2v) is 4.78. The van der Waals surface area contributed by atoms with Crippen molar-refractivity contribution in [2.45, 2.75) is 38.3 Å². The Labute approximate surface area is 107 Å². The van der Waals surface area contributed by atoms with Crippen molar-refractivity contribution < 1.29 is 13.9 Å². The normalized spacial score (nSPS) is 27.8. The van der Waals surface area contributed by atoms with Crippen LogP contribution in [0.4, 0.5) is 4.39 Å². The molecule has 3 heteroatoms. The minimum Gasteiger partial charge on any atom is -0.466 e. The van der Waals surface area contributed by atoms with E-state index in [2.05, 4.69) is 0 Å². The van der Waals surface area contributed by atoms with Gasteiger partial charge in [0.05, 0.1) is 12.5 Å². The molecule has 2 rings (SSSR count). The maximum atomic E-state index is 15.2. The number of benzene rings is 1. The average Bonchev–Trinajstić information content (AvgIpc) is 2.40. The van der Waals surface area contributed by atoms with Gasteiger partial charge in [-0.2, -0.15) is 0 Å². The molecule has 1 aliphatic carbocycles. The fourth-order valence-corrected chi connectivity index (χ4v) is 2.74. The molecule has 0 N–H and O–H groups in total. The summed E-state index contributed by atoms with van der Waals surface area (Å²) in [5.74, 6) is -1.06. The van der Waals surface area contributed by atoms with Crippen LogP contribution in [0.1, 0.15) is 38.2 Å². The molecule has 98 valence electrons. The summed E-state index contributed by atoms with van der Waals surface area (Å²) in [6.07, 6.45) is 2.69. The third-order valence-electron chi connectivity index (χ3n) is 3.66. The van der Waals surface area contributed by atoms with Crippen molar-refractivity contribution in [2.24, 2.45) is 5.92 Å². The number of esters is 1. The minimum absolute atomic E-state index is 0.306. The summed E-state index contributed by atoms with van der Waals surface area (Å²) in [7, 11) is 0. The number of hydrogen-bond acceptors (Lipinski definition) is 2. The average molecular weight is 250 g/mol. The summed E-state index contributed by atoms with van der Waals surface area (Å²) in [6.45, 7) is 2.06. The van der Waals surface area contributed by atoms with Gasteiger partial charge in [0.1, 0.15) is 5.67 Å². The van der Waals surface area contributed by atoms with E-state index in [1.807, 2.05) is 18.2 Å². The summed E-state index contributed by atoms with van der Waals surface area (Å²) in [5.41, 5.74) is -0.964. The Morgan fingerprint density at radius 3 is 2.78 bits per heavy atom. The van der Waals surface area contributed by atoms with Crippen LogP contribution in [0.5, 0.6) is 0 Å². The Morgan fingerprint density at radius 1 is 1.39 bits per heavy atom. The number of hydrogen-bond donors (Lipinski definition) is 0. The van der Waals surface area contributed by atoms with E-state index in [1.54, 1.807) is 19.1 Å². The topological polar surface area (TPSA) is 26.3 Å². The van der Waals surface area contributed by atoms with Gasteiger partial charge in [-0.25, -0.2) is 4.39 Å². The quantitative estimate of drug-likeness (QED) is 0.766. The van der Waals surface area contributed by atoms with Crippen LogP contribution in [-0.4, -0.2) is 12.6 Å². The van der Waals surface area contributed by atoms with E-state index in [4.69, 9.17) is 4.74 Å². The summed E-state index contributed by atoms with van der Waals surface area (Å²) in [6, 6.07) is 9.01. The van der Waals surface area contributed by atoms with Gasteiger partial charge >= 0.3 is 5.97 Å². The van der Waals surface area contributed by atoms with Crippen molar-refractivity contribution in [1.29, 1.82) is 0 Å². The molecule has 0 spiro atoms. The molecule has 0 aliphatic heterocycles. The van der Waals surface area contributed by atoms with Crippen LogP contribution in [0.15, 0.2) is 30.3 Å². The van der Waals surface area contributed by atoms with Gasteiger partial charge in [0.25, 0.3) is 0 Å². The first-order valence-electron chi connectivity index (χ1n) is 6.59. The van der Waals surface area contributed by atoms with E-state index >= 15 is 4.39 Å². The molecule has 0 radical (unpaired) electrons. The van der Waals surface area contributed by atoms with E-state index in [-0.39, 0.29) is 0 Å². The van der Waals surface area contributed by atoms with Gasteiger partial charge in [0, 0.05) is 0 Å². The predicted octanol–water partition coefficient (Wildman–Crippen LogP) is 3.60. The minimum atomic E-state index is -1.56. The van der Waals surface area contributed by atoms with Gasteiger partial charge in [-0.05, 0) is 31.7 Å². The van der Waals surface area contributed by atoms with Gasteiger partial charge < -0.3 is 4.74 Å². The molecule has 0 bridgehead atoms. The van der Waals surface area contributed by atoms with Crippen molar-refractivity contribution in [1.82, 2.24) is 0 Å². The van der Waals surface area contributed by atoms with Crippen LogP contribution in [0.2, 0.25) is 0 Å². The van der Waals surface area contributed by atoms with Gasteiger partial charge in [-0.3, -0.25) is 4.79 Å². The second-order valence-electron chi connectivity index (χ2n) is 4.78.